The zero-order valence-electron chi connectivity index (χ0n) is 10.7. The molecular formula is C10H20N4O2S. The first kappa shape index (κ1) is 14.1. The van der Waals surface area contributed by atoms with E-state index in [1.807, 2.05) is 7.05 Å². The Balaban J connectivity index is 3.02. The molecule has 0 atom stereocenters. The van der Waals surface area contributed by atoms with Gasteiger partial charge >= 0.3 is 0 Å². The fourth-order valence-corrected chi connectivity index (χ4v) is 2.92. The van der Waals surface area contributed by atoms with Gasteiger partial charge in [0.15, 0.2) is 0 Å². The van der Waals surface area contributed by atoms with Crippen LogP contribution >= 0.6 is 0 Å². The zero-order valence-corrected chi connectivity index (χ0v) is 11.6. The van der Waals surface area contributed by atoms with Gasteiger partial charge in [0.05, 0.1) is 11.4 Å². The van der Waals surface area contributed by atoms with Crippen LogP contribution in [-0.4, -0.2) is 38.8 Å². The maximum absolute atomic E-state index is 11.8. The smallest absolute Gasteiger partial charge is 0.243 e. The molecule has 0 fully saturated rings. The Labute approximate surface area is 102 Å². The second kappa shape index (κ2) is 5.61. The van der Waals surface area contributed by atoms with Crippen LogP contribution in [0.4, 0.5) is 0 Å². The Morgan fingerprint density at radius 1 is 1.29 bits per heavy atom. The van der Waals surface area contributed by atoms with Crippen molar-refractivity contribution in [3.8, 4) is 0 Å². The maximum atomic E-state index is 11.8. The molecule has 98 valence electrons. The molecular weight excluding hydrogens is 240 g/mol. The van der Waals surface area contributed by atoms with Gasteiger partial charge in [-0.1, -0.05) is 0 Å². The van der Waals surface area contributed by atoms with Crippen molar-refractivity contribution in [2.75, 3.05) is 20.6 Å². The monoisotopic (exact) mass is 260 g/mol. The predicted molar refractivity (Wildman–Crippen MR) is 66.5 cm³/mol. The first-order valence-electron chi connectivity index (χ1n) is 5.56. The van der Waals surface area contributed by atoms with E-state index in [1.54, 1.807) is 18.5 Å². The Morgan fingerprint density at radius 3 is 2.47 bits per heavy atom. The van der Waals surface area contributed by atoms with Crippen molar-refractivity contribution in [1.82, 2.24) is 19.8 Å². The first-order valence-corrected chi connectivity index (χ1v) is 7.04. The molecule has 2 N–H and O–H groups in total. The van der Waals surface area contributed by atoms with Crippen LogP contribution < -0.4 is 10.0 Å². The molecule has 1 aromatic heterocycles. The lowest BCUT2D eigenvalue weighted by Crippen LogP contribution is -2.20. The van der Waals surface area contributed by atoms with Gasteiger partial charge in [0.25, 0.3) is 0 Å². The first-order chi connectivity index (χ1) is 7.94. The van der Waals surface area contributed by atoms with Crippen molar-refractivity contribution < 1.29 is 8.42 Å². The molecule has 1 rings (SSSR count). The lowest BCUT2D eigenvalue weighted by molar-refractivity contribution is 0.546. The van der Waals surface area contributed by atoms with Crippen LogP contribution in [0.1, 0.15) is 17.8 Å². The molecule has 0 aromatic carbocycles. The average Bonchev–Trinajstić information content (AvgIpc) is 2.55. The van der Waals surface area contributed by atoms with Crippen molar-refractivity contribution in [2.24, 2.45) is 0 Å². The summed E-state index contributed by atoms with van der Waals surface area (Å²) in [5.41, 5.74) is 1.23. The Morgan fingerprint density at radius 2 is 1.94 bits per heavy atom. The van der Waals surface area contributed by atoms with E-state index in [1.165, 1.54) is 7.05 Å². The highest BCUT2D eigenvalue weighted by Gasteiger charge is 2.22. The lowest BCUT2D eigenvalue weighted by Gasteiger charge is -2.05. The summed E-state index contributed by atoms with van der Waals surface area (Å²) in [7, 11) is -0.122. The summed E-state index contributed by atoms with van der Waals surface area (Å²) in [6.45, 7) is 5.09. The number of sulfonamides is 1. The average molecular weight is 260 g/mol. The van der Waals surface area contributed by atoms with Gasteiger partial charge in [0.2, 0.25) is 10.0 Å². The number of nitrogens with zero attached hydrogens (tertiary/aromatic N) is 2. The van der Waals surface area contributed by atoms with Crippen molar-refractivity contribution in [2.45, 2.75) is 31.7 Å². The van der Waals surface area contributed by atoms with Gasteiger partial charge < -0.3 is 5.32 Å². The second-order valence-corrected chi connectivity index (χ2v) is 5.71. The Bertz CT molecular complexity index is 479. The minimum absolute atomic E-state index is 0.296. The summed E-state index contributed by atoms with van der Waals surface area (Å²) in [4.78, 5) is 0.296. The normalized spacial score (nSPS) is 12.0. The largest absolute Gasteiger partial charge is 0.320 e. The minimum Gasteiger partial charge on any atom is -0.320 e. The van der Waals surface area contributed by atoms with Crippen molar-refractivity contribution in [3.05, 3.63) is 11.4 Å². The molecule has 7 heteroatoms. The molecule has 6 nitrogen and oxygen atoms in total. The van der Waals surface area contributed by atoms with E-state index in [0.29, 0.717) is 22.8 Å². The Kier molecular flexibility index (Phi) is 4.67. The number of nitrogens with one attached hydrogen (secondary N) is 2. The van der Waals surface area contributed by atoms with Crippen LogP contribution in [0.5, 0.6) is 0 Å². The highest BCUT2D eigenvalue weighted by atomic mass is 32.2. The summed E-state index contributed by atoms with van der Waals surface area (Å²) in [5.74, 6) is 0. The molecule has 0 amide bonds. The minimum atomic E-state index is -3.42. The van der Waals surface area contributed by atoms with E-state index in [4.69, 9.17) is 0 Å². The van der Waals surface area contributed by atoms with Gasteiger partial charge in [-0.3, -0.25) is 4.68 Å². The third-order valence-corrected chi connectivity index (χ3v) is 4.31. The topological polar surface area (TPSA) is 76.0 Å². The van der Waals surface area contributed by atoms with Crippen LogP contribution in [0.3, 0.4) is 0 Å². The van der Waals surface area contributed by atoms with E-state index in [0.717, 1.165) is 13.0 Å². The molecule has 0 aliphatic heterocycles. The number of hydrogen-bond acceptors (Lipinski definition) is 4. The molecule has 0 saturated carbocycles. The summed E-state index contributed by atoms with van der Waals surface area (Å²) >= 11 is 0. The molecule has 0 bridgehead atoms. The van der Waals surface area contributed by atoms with Gasteiger partial charge in [-0.05, 0) is 40.9 Å². The fourth-order valence-electron chi connectivity index (χ4n) is 1.79. The van der Waals surface area contributed by atoms with E-state index >= 15 is 0 Å². The van der Waals surface area contributed by atoms with Gasteiger partial charge in [0.1, 0.15) is 4.90 Å². The maximum Gasteiger partial charge on any atom is 0.243 e. The van der Waals surface area contributed by atoms with Crippen LogP contribution in [0, 0.1) is 13.8 Å². The van der Waals surface area contributed by atoms with Crippen molar-refractivity contribution >= 4 is 10.0 Å². The highest BCUT2D eigenvalue weighted by molar-refractivity contribution is 7.89. The molecule has 0 aliphatic carbocycles. The number of rotatable bonds is 6. The summed E-state index contributed by atoms with van der Waals surface area (Å²) in [6, 6.07) is 0. The third-order valence-electron chi connectivity index (χ3n) is 2.65. The summed E-state index contributed by atoms with van der Waals surface area (Å²) in [6.07, 6.45) is 0.914. The van der Waals surface area contributed by atoms with Crippen LogP contribution in [0.25, 0.3) is 0 Å². The van der Waals surface area contributed by atoms with Crippen LogP contribution in [0.15, 0.2) is 4.90 Å². The summed E-state index contributed by atoms with van der Waals surface area (Å²) < 4.78 is 27.7. The fraction of sp³-hybridized carbons (Fsp3) is 0.700. The molecule has 0 aliphatic rings. The number of hydrogen-bond donors (Lipinski definition) is 2. The molecule has 1 heterocycles. The number of aryl methyl sites for hydroxylation is 2. The van der Waals surface area contributed by atoms with Gasteiger partial charge in [-0.2, -0.15) is 5.10 Å². The van der Waals surface area contributed by atoms with E-state index in [9.17, 15) is 8.42 Å². The van der Waals surface area contributed by atoms with Crippen LogP contribution in [-0.2, 0) is 16.6 Å². The standard InChI is InChI=1S/C10H20N4O2S/c1-8-10(17(15,16)12-4)9(2)14(13-8)7-5-6-11-3/h11-12H,5-7H2,1-4H3. The van der Waals surface area contributed by atoms with Crippen molar-refractivity contribution in [3.63, 3.8) is 0 Å². The second-order valence-electron chi connectivity index (χ2n) is 3.89. The van der Waals surface area contributed by atoms with E-state index in [-0.39, 0.29) is 0 Å². The summed E-state index contributed by atoms with van der Waals surface area (Å²) in [5, 5.41) is 7.31. The van der Waals surface area contributed by atoms with Crippen molar-refractivity contribution in [1.29, 1.82) is 0 Å². The molecule has 0 spiro atoms. The number of aromatic nitrogens is 2. The molecule has 0 saturated heterocycles. The third kappa shape index (κ3) is 3.05. The van der Waals surface area contributed by atoms with E-state index in [2.05, 4.69) is 15.1 Å². The Hall–Kier alpha value is -0.920. The van der Waals surface area contributed by atoms with Crippen LogP contribution in [0.2, 0.25) is 0 Å². The van der Waals surface area contributed by atoms with Gasteiger partial charge in [-0.25, -0.2) is 13.1 Å². The quantitative estimate of drug-likeness (QED) is 0.707. The van der Waals surface area contributed by atoms with Gasteiger partial charge in [0, 0.05) is 6.54 Å². The lowest BCUT2D eigenvalue weighted by atomic mass is 10.4. The molecule has 17 heavy (non-hydrogen) atoms. The zero-order chi connectivity index (χ0) is 13.1. The molecule has 0 unspecified atom stereocenters. The SMILES string of the molecule is CNCCCn1nc(C)c(S(=O)(=O)NC)c1C. The predicted octanol–water partition coefficient (Wildman–Crippen LogP) is 0.0175. The molecule has 1 aromatic rings. The highest BCUT2D eigenvalue weighted by Crippen LogP contribution is 2.18. The van der Waals surface area contributed by atoms with Gasteiger partial charge in [-0.15, -0.1) is 0 Å². The molecule has 0 radical (unpaired) electrons. The van der Waals surface area contributed by atoms with E-state index < -0.39 is 10.0 Å².